The van der Waals surface area contributed by atoms with Crippen LogP contribution in [0.2, 0.25) is 0 Å². The molecule has 0 aromatic rings. The van der Waals surface area contributed by atoms with Gasteiger partial charge in [-0.25, -0.2) is 0 Å². The highest BCUT2D eigenvalue weighted by molar-refractivity contribution is 5.86. The summed E-state index contributed by atoms with van der Waals surface area (Å²) in [5.41, 5.74) is 1.30. The van der Waals surface area contributed by atoms with Gasteiger partial charge in [-0.15, -0.1) is 0 Å². The zero-order valence-corrected chi connectivity index (χ0v) is 7.46. The summed E-state index contributed by atoms with van der Waals surface area (Å²) in [6.07, 6.45) is 1.69. The average Bonchev–Trinajstić information content (AvgIpc) is 2.00. The molecule has 0 aromatic heterocycles. The third-order valence-electron chi connectivity index (χ3n) is 1.07. The van der Waals surface area contributed by atoms with Crippen molar-refractivity contribution in [2.24, 2.45) is 4.99 Å². The van der Waals surface area contributed by atoms with Gasteiger partial charge in [0, 0.05) is 11.9 Å². The normalized spacial score (nSPS) is 9.83. The van der Waals surface area contributed by atoms with Gasteiger partial charge in [0.2, 0.25) is 0 Å². The van der Waals surface area contributed by atoms with Gasteiger partial charge in [0.15, 0.2) is 0 Å². The van der Waals surface area contributed by atoms with Gasteiger partial charge >= 0.3 is 5.97 Å². The molecule has 0 aliphatic carbocycles. The van der Waals surface area contributed by atoms with Crippen molar-refractivity contribution in [1.82, 2.24) is 0 Å². The molecule has 0 saturated heterocycles. The van der Waals surface area contributed by atoms with Gasteiger partial charge in [-0.3, -0.25) is 9.79 Å². The van der Waals surface area contributed by atoms with E-state index in [4.69, 9.17) is 0 Å². The lowest BCUT2D eigenvalue weighted by Gasteiger charge is -1.96. The molecule has 0 unspecified atom stereocenters. The standard InChI is InChI=1S/C9H13NO2/c1-7(2)10-6-8(3)5-9(11)12-4/h6H,1,3,5H2,2,4H3. The van der Waals surface area contributed by atoms with Crippen LogP contribution in [-0.2, 0) is 9.53 Å². The predicted octanol–water partition coefficient (Wildman–Crippen LogP) is 1.71. The number of methoxy groups -OCH3 is 1. The maximum Gasteiger partial charge on any atom is 0.310 e. The SMILES string of the molecule is C=C(C=NC(=C)C)CC(=O)OC. The Morgan fingerprint density at radius 2 is 2.17 bits per heavy atom. The Balaban J connectivity index is 3.90. The van der Waals surface area contributed by atoms with E-state index in [-0.39, 0.29) is 12.4 Å². The number of carbonyl (C=O) groups is 1. The maximum absolute atomic E-state index is 10.7. The van der Waals surface area contributed by atoms with Crippen LogP contribution in [0.25, 0.3) is 0 Å². The molecule has 0 radical (unpaired) electrons. The first-order valence-electron chi connectivity index (χ1n) is 3.50. The molecule has 0 aromatic carbocycles. The third kappa shape index (κ3) is 5.41. The van der Waals surface area contributed by atoms with E-state index in [9.17, 15) is 4.79 Å². The number of hydrogen-bond donors (Lipinski definition) is 0. The van der Waals surface area contributed by atoms with E-state index in [1.54, 1.807) is 6.92 Å². The second kappa shape index (κ2) is 5.29. The van der Waals surface area contributed by atoms with Crippen molar-refractivity contribution in [3.63, 3.8) is 0 Å². The topological polar surface area (TPSA) is 38.7 Å². The Morgan fingerprint density at radius 3 is 2.58 bits per heavy atom. The lowest BCUT2D eigenvalue weighted by molar-refractivity contribution is -0.139. The number of ether oxygens (including phenoxy) is 1. The van der Waals surface area contributed by atoms with Gasteiger partial charge in [-0.1, -0.05) is 13.2 Å². The number of esters is 1. The molecule has 0 atom stereocenters. The van der Waals surface area contributed by atoms with Crippen LogP contribution in [0.15, 0.2) is 29.4 Å². The molecule has 0 bridgehead atoms. The van der Waals surface area contributed by atoms with Gasteiger partial charge in [0.25, 0.3) is 0 Å². The minimum Gasteiger partial charge on any atom is -0.469 e. The highest BCUT2D eigenvalue weighted by Gasteiger charge is 2.00. The lowest BCUT2D eigenvalue weighted by atomic mass is 10.2. The van der Waals surface area contributed by atoms with Crippen molar-refractivity contribution in [3.05, 3.63) is 24.4 Å². The van der Waals surface area contributed by atoms with Crippen molar-refractivity contribution in [2.45, 2.75) is 13.3 Å². The first-order chi connectivity index (χ1) is 5.56. The first-order valence-corrected chi connectivity index (χ1v) is 3.50. The maximum atomic E-state index is 10.7. The average molecular weight is 167 g/mol. The van der Waals surface area contributed by atoms with Crippen molar-refractivity contribution in [1.29, 1.82) is 0 Å². The van der Waals surface area contributed by atoms with E-state index in [0.29, 0.717) is 11.3 Å². The quantitative estimate of drug-likeness (QED) is 0.472. The molecule has 0 rings (SSSR count). The molecule has 0 spiro atoms. The number of carbonyl (C=O) groups excluding carboxylic acids is 1. The molecule has 0 amide bonds. The zero-order chi connectivity index (χ0) is 9.56. The molecule has 0 fully saturated rings. The number of allylic oxidation sites excluding steroid dienone is 1. The number of hydrogen-bond acceptors (Lipinski definition) is 3. The Morgan fingerprint density at radius 1 is 1.58 bits per heavy atom. The van der Waals surface area contributed by atoms with Crippen molar-refractivity contribution < 1.29 is 9.53 Å². The Kier molecular flexibility index (Phi) is 4.69. The molecular weight excluding hydrogens is 154 g/mol. The van der Waals surface area contributed by atoms with E-state index in [1.165, 1.54) is 13.3 Å². The van der Waals surface area contributed by atoms with Gasteiger partial charge in [-0.05, 0) is 12.5 Å². The number of nitrogens with zero attached hydrogens (tertiary/aromatic N) is 1. The molecule has 3 nitrogen and oxygen atoms in total. The van der Waals surface area contributed by atoms with Crippen LogP contribution in [0.4, 0.5) is 0 Å². The molecule has 0 heterocycles. The van der Waals surface area contributed by atoms with Crippen LogP contribution in [-0.4, -0.2) is 19.3 Å². The lowest BCUT2D eigenvalue weighted by Crippen LogP contribution is -2.01. The summed E-state index contributed by atoms with van der Waals surface area (Å²) < 4.78 is 4.44. The summed E-state index contributed by atoms with van der Waals surface area (Å²) in [6, 6.07) is 0. The van der Waals surface area contributed by atoms with E-state index in [2.05, 4.69) is 22.9 Å². The highest BCUT2D eigenvalue weighted by Crippen LogP contribution is 1.97. The monoisotopic (exact) mass is 167 g/mol. The zero-order valence-electron chi connectivity index (χ0n) is 7.46. The molecule has 0 saturated carbocycles. The molecule has 0 aliphatic heterocycles. The summed E-state index contributed by atoms with van der Waals surface area (Å²) in [5.74, 6) is -0.312. The van der Waals surface area contributed by atoms with Crippen LogP contribution < -0.4 is 0 Å². The highest BCUT2D eigenvalue weighted by atomic mass is 16.5. The van der Waals surface area contributed by atoms with E-state index < -0.39 is 0 Å². The number of aliphatic imine (C=N–C) groups is 1. The van der Waals surface area contributed by atoms with Crippen LogP contribution in [0.5, 0.6) is 0 Å². The first kappa shape index (κ1) is 10.6. The minimum absolute atomic E-state index is 0.174. The van der Waals surface area contributed by atoms with Crippen molar-refractivity contribution in [3.8, 4) is 0 Å². The largest absolute Gasteiger partial charge is 0.469 e. The third-order valence-corrected chi connectivity index (χ3v) is 1.07. The van der Waals surface area contributed by atoms with Crippen LogP contribution in [0, 0.1) is 0 Å². The molecule has 66 valence electrons. The fourth-order valence-electron chi connectivity index (χ4n) is 0.505. The Labute approximate surface area is 72.4 Å². The van der Waals surface area contributed by atoms with Gasteiger partial charge in [0.05, 0.1) is 13.5 Å². The second-order valence-corrected chi connectivity index (χ2v) is 2.40. The van der Waals surface area contributed by atoms with E-state index >= 15 is 0 Å². The van der Waals surface area contributed by atoms with Crippen molar-refractivity contribution in [2.75, 3.05) is 7.11 Å². The van der Waals surface area contributed by atoms with Crippen LogP contribution in [0.1, 0.15) is 13.3 Å². The fourth-order valence-corrected chi connectivity index (χ4v) is 0.505. The van der Waals surface area contributed by atoms with Gasteiger partial charge in [0.1, 0.15) is 0 Å². The van der Waals surface area contributed by atoms with Crippen LogP contribution in [0.3, 0.4) is 0 Å². The second-order valence-electron chi connectivity index (χ2n) is 2.40. The molecule has 0 aliphatic rings. The summed E-state index contributed by atoms with van der Waals surface area (Å²) in [6.45, 7) is 8.96. The van der Waals surface area contributed by atoms with Gasteiger partial charge < -0.3 is 4.74 Å². The van der Waals surface area contributed by atoms with Crippen LogP contribution >= 0.6 is 0 Å². The summed E-state index contributed by atoms with van der Waals surface area (Å²) in [7, 11) is 1.34. The van der Waals surface area contributed by atoms with E-state index in [1.807, 2.05) is 0 Å². The summed E-state index contributed by atoms with van der Waals surface area (Å²) in [4.78, 5) is 14.6. The molecule has 3 heteroatoms. The molecule has 12 heavy (non-hydrogen) atoms. The molecule has 0 N–H and O–H groups in total. The van der Waals surface area contributed by atoms with Crippen molar-refractivity contribution >= 4 is 12.2 Å². The fraction of sp³-hybridized carbons (Fsp3) is 0.333. The summed E-state index contributed by atoms with van der Waals surface area (Å²) >= 11 is 0. The Hall–Kier alpha value is -1.38. The van der Waals surface area contributed by atoms with E-state index in [0.717, 1.165) is 0 Å². The minimum atomic E-state index is -0.312. The predicted molar refractivity (Wildman–Crippen MR) is 49.1 cm³/mol. The molecular formula is C9H13NO2. The summed E-state index contributed by atoms with van der Waals surface area (Å²) in [5, 5.41) is 0. The van der Waals surface area contributed by atoms with Gasteiger partial charge in [-0.2, -0.15) is 0 Å². The number of rotatable bonds is 4. The Bertz CT molecular complexity index is 229. The smallest absolute Gasteiger partial charge is 0.310 e.